The summed E-state index contributed by atoms with van der Waals surface area (Å²) in [5.41, 5.74) is 4.50. The summed E-state index contributed by atoms with van der Waals surface area (Å²) < 4.78 is 20.4. The van der Waals surface area contributed by atoms with Crippen LogP contribution in [0.2, 0.25) is 0 Å². The van der Waals surface area contributed by atoms with Gasteiger partial charge in [-0.1, -0.05) is 29.8 Å². The molecule has 0 unspecified atom stereocenters. The van der Waals surface area contributed by atoms with E-state index in [0.717, 1.165) is 40.8 Å². The van der Waals surface area contributed by atoms with E-state index in [1.54, 1.807) is 18.0 Å². The first-order chi connectivity index (χ1) is 15.1. The molecule has 168 valence electrons. The zero-order valence-corrected chi connectivity index (χ0v) is 19.3. The van der Waals surface area contributed by atoms with E-state index < -0.39 is 5.60 Å². The van der Waals surface area contributed by atoms with E-state index in [0.29, 0.717) is 17.9 Å². The minimum Gasteiger partial charge on any atom is -0.444 e. The minimum atomic E-state index is -0.551. The summed E-state index contributed by atoms with van der Waals surface area (Å²) in [5.74, 6) is 0.437. The van der Waals surface area contributed by atoms with Crippen LogP contribution in [0.3, 0.4) is 0 Å². The predicted octanol–water partition coefficient (Wildman–Crippen LogP) is 6.57. The molecule has 1 atom stereocenters. The van der Waals surface area contributed by atoms with Crippen LogP contribution in [0.5, 0.6) is 0 Å². The van der Waals surface area contributed by atoms with Crippen molar-refractivity contribution in [3.05, 3.63) is 65.4 Å². The Bertz CT molecular complexity index is 1130. The van der Waals surface area contributed by atoms with Gasteiger partial charge in [-0.2, -0.15) is 0 Å². The molecule has 1 N–H and O–H groups in total. The Morgan fingerprint density at radius 1 is 1.16 bits per heavy atom. The highest BCUT2D eigenvalue weighted by Crippen LogP contribution is 2.35. The van der Waals surface area contributed by atoms with Crippen LogP contribution in [-0.2, 0) is 4.74 Å². The molecule has 1 aliphatic rings. The number of carbonyl (C=O) groups is 1. The van der Waals surface area contributed by atoms with E-state index in [4.69, 9.17) is 4.74 Å². The van der Waals surface area contributed by atoms with Gasteiger partial charge >= 0.3 is 6.09 Å². The maximum absolute atomic E-state index is 14.8. The van der Waals surface area contributed by atoms with Crippen LogP contribution in [0.15, 0.2) is 42.6 Å². The molecule has 6 heteroatoms. The van der Waals surface area contributed by atoms with Crippen LogP contribution in [0, 0.1) is 19.7 Å². The maximum Gasteiger partial charge on any atom is 0.410 e. The molecule has 0 spiro atoms. The van der Waals surface area contributed by atoms with Gasteiger partial charge in [0.15, 0.2) is 0 Å². The number of nitrogens with zero attached hydrogens (tertiary/aromatic N) is 2. The molecule has 1 fully saturated rings. The van der Waals surface area contributed by atoms with Crippen molar-refractivity contribution in [1.29, 1.82) is 0 Å². The Hall–Kier alpha value is -3.15. The van der Waals surface area contributed by atoms with E-state index in [1.165, 1.54) is 6.07 Å². The summed E-state index contributed by atoms with van der Waals surface area (Å²) in [4.78, 5) is 22.2. The van der Waals surface area contributed by atoms with Crippen LogP contribution < -0.4 is 0 Å². The number of likely N-dealkylation sites (tertiary alicyclic amines) is 1. The number of imidazole rings is 1. The van der Waals surface area contributed by atoms with E-state index in [1.807, 2.05) is 58.0 Å². The maximum atomic E-state index is 14.8. The number of aromatic nitrogens is 2. The third-order valence-electron chi connectivity index (χ3n) is 5.81. The van der Waals surface area contributed by atoms with Gasteiger partial charge in [-0.15, -0.1) is 0 Å². The van der Waals surface area contributed by atoms with Crippen molar-refractivity contribution in [2.75, 3.05) is 6.54 Å². The van der Waals surface area contributed by atoms with Gasteiger partial charge in [0.25, 0.3) is 0 Å². The predicted molar refractivity (Wildman–Crippen MR) is 124 cm³/mol. The fraction of sp³-hybridized carbons (Fsp3) is 0.385. The number of nitrogens with one attached hydrogen (secondary N) is 1. The minimum absolute atomic E-state index is 0.175. The second-order valence-corrected chi connectivity index (χ2v) is 9.51. The highest BCUT2D eigenvalue weighted by atomic mass is 19.1. The number of rotatable bonds is 3. The molecular weight excluding hydrogens is 405 g/mol. The zero-order valence-electron chi connectivity index (χ0n) is 19.3. The molecule has 0 saturated carbocycles. The Labute approximate surface area is 188 Å². The number of aromatic amines is 1. The van der Waals surface area contributed by atoms with Crippen molar-refractivity contribution in [3.8, 4) is 22.4 Å². The number of benzene rings is 2. The smallest absolute Gasteiger partial charge is 0.410 e. The summed E-state index contributed by atoms with van der Waals surface area (Å²) >= 11 is 0. The normalized spacial score (nSPS) is 16.4. The molecule has 5 nitrogen and oxygen atoms in total. The van der Waals surface area contributed by atoms with E-state index in [9.17, 15) is 9.18 Å². The number of aryl methyl sites for hydroxylation is 1. The van der Waals surface area contributed by atoms with E-state index in [2.05, 4.69) is 9.97 Å². The average molecular weight is 436 g/mol. The second-order valence-electron chi connectivity index (χ2n) is 9.51. The molecule has 0 bridgehead atoms. The lowest BCUT2D eigenvalue weighted by Gasteiger charge is -2.27. The summed E-state index contributed by atoms with van der Waals surface area (Å²) in [7, 11) is 0. The molecule has 32 heavy (non-hydrogen) atoms. The molecular formula is C26H30FN3O2. The summed E-state index contributed by atoms with van der Waals surface area (Å²) in [6.07, 6.45) is 3.07. The highest BCUT2D eigenvalue weighted by Gasteiger charge is 2.34. The standard InChI is InChI=1S/C26H30FN3O2/c1-16-8-10-18(11-9-16)20-13-19(14-21(27)17(20)2)22-15-28-24(29-22)23-7-6-12-30(23)25(31)32-26(3,4)5/h8-11,13-15,23H,6-7,12H2,1-5H3,(H,28,29)/t23-/m0/s1. The molecule has 0 aliphatic carbocycles. The fourth-order valence-electron chi connectivity index (χ4n) is 4.11. The molecule has 1 amide bonds. The Morgan fingerprint density at radius 3 is 2.56 bits per heavy atom. The van der Waals surface area contributed by atoms with Crippen molar-refractivity contribution >= 4 is 6.09 Å². The molecule has 2 heterocycles. The summed E-state index contributed by atoms with van der Waals surface area (Å²) in [6.45, 7) is 10.0. The van der Waals surface area contributed by atoms with Gasteiger partial charge in [-0.25, -0.2) is 14.2 Å². The SMILES string of the molecule is Cc1ccc(-c2cc(-c3cnc([C@@H]4CCCN4C(=O)OC(C)(C)C)[nH]3)cc(F)c2C)cc1. The lowest BCUT2D eigenvalue weighted by molar-refractivity contribution is 0.0218. The number of amides is 1. The van der Waals surface area contributed by atoms with Crippen molar-refractivity contribution in [1.82, 2.24) is 14.9 Å². The Morgan fingerprint density at radius 2 is 1.88 bits per heavy atom. The van der Waals surface area contributed by atoms with Gasteiger partial charge in [0, 0.05) is 12.1 Å². The first-order valence-electron chi connectivity index (χ1n) is 11.0. The van der Waals surface area contributed by atoms with Crippen LogP contribution in [-0.4, -0.2) is 33.1 Å². The molecule has 2 aromatic carbocycles. The lowest BCUT2D eigenvalue weighted by Crippen LogP contribution is -2.36. The fourth-order valence-corrected chi connectivity index (χ4v) is 4.11. The largest absolute Gasteiger partial charge is 0.444 e. The number of ether oxygens (including phenoxy) is 1. The molecule has 4 rings (SSSR count). The first-order valence-corrected chi connectivity index (χ1v) is 11.0. The highest BCUT2D eigenvalue weighted by molar-refractivity contribution is 5.74. The molecule has 3 aromatic rings. The number of hydrogen-bond acceptors (Lipinski definition) is 3. The number of carbonyl (C=O) groups excluding carboxylic acids is 1. The quantitative estimate of drug-likeness (QED) is 0.506. The van der Waals surface area contributed by atoms with Crippen LogP contribution in [0.4, 0.5) is 9.18 Å². The van der Waals surface area contributed by atoms with E-state index in [-0.39, 0.29) is 18.0 Å². The van der Waals surface area contributed by atoms with Crippen molar-refractivity contribution in [2.45, 2.75) is 59.1 Å². The second kappa shape index (κ2) is 8.41. The van der Waals surface area contributed by atoms with Crippen LogP contribution in [0.25, 0.3) is 22.4 Å². The lowest BCUT2D eigenvalue weighted by atomic mass is 9.96. The van der Waals surface area contributed by atoms with Crippen molar-refractivity contribution in [3.63, 3.8) is 0 Å². The zero-order chi connectivity index (χ0) is 23.0. The van der Waals surface area contributed by atoms with Gasteiger partial charge in [0.2, 0.25) is 0 Å². The van der Waals surface area contributed by atoms with Crippen molar-refractivity contribution in [2.24, 2.45) is 0 Å². The van der Waals surface area contributed by atoms with E-state index >= 15 is 0 Å². The van der Waals surface area contributed by atoms with Gasteiger partial charge in [0.1, 0.15) is 17.2 Å². The third kappa shape index (κ3) is 4.54. The average Bonchev–Trinajstić information content (AvgIpc) is 3.38. The number of H-pyrrole nitrogens is 1. The van der Waals surface area contributed by atoms with Gasteiger partial charge in [-0.05, 0) is 76.3 Å². The molecule has 0 radical (unpaired) electrons. The number of halogens is 1. The third-order valence-corrected chi connectivity index (χ3v) is 5.81. The Kier molecular flexibility index (Phi) is 5.80. The topological polar surface area (TPSA) is 58.2 Å². The first kappa shape index (κ1) is 22.1. The van der Waals surface area contributed by atoms with Gasteiger partial charge in [-0.3, -0.25) is 4.90 Å². The summed E-state index contributed by atoms with van der Waals surface area (Å²) in [6, 6.07) is 11.4. The van der Waals surface area contributed by atoms with Gasteiger partial charge < -0.3 is 9.72 Å². The van der Waals surface area contributed by atoms with Crippen LogP contribution >= 0.6 is 0 Å². The van der Waals surface area contributed by atoms with Gasteiger partial charge in [0.05, 0.1) is 17.9 Å². The van der Waals surface area contributed by atoms with Crippen LogP contribution in [0.1, 0.15) is 56.6 Å². The monoisotopic (exact) mass is 435 g/mol. The number of hydrogen-bond donors (Lipinski definition) is 1. The Balaban J connectivity index is 1.64. The van der Waals surface area contributed by atoms with Crippen molar-refractivity contribution < 1.29 is 13.9 Å². The molecule has 1 saturated heterocycles. The molecule has 1 aliphatic heterocycles. The molecule has 1 aromatic heterocycles. The summed E-state index contributed by atoms with van der Waals surface area (Å²) in [5, 5.41) is 0.